The number of hydrogen-bond acceptors (Lipinski definition) is 2. The molecule has 0 spiro atoms. The standard InChI is InChI=1S/C18H14O2/c19-18-17-14(9-20-18)15-10-5-1-3-7-12(10)16(17)13-8-4-2-6-11(13)15/h1-8,14-17H,9H2/t14-,15?,16?,17-/m0/s1. The second-order valence-corrected chi connectivity index (χ2v) is 6.03. The summed E-state index contributed by atoms with van der Waals surface area (Å²) in [7, 11) is 0. The maximum absolute atomic E-state index is 12.2. The van der Waals surface area contributed by atoms with Gasteiger partial charge in [0.1, 0.15) is 0 Å². The Balaban J connectivity index is 1.86. The van der Waals surface area contributed by atoms with Crippen LogP contribution in [-0.4, -0.2) is 12.6 Å². The van der Waals surface area contributed by atoms with Crippen molar-refractivity contribution in [1.82, 2.24) is 0 Å². The molecule has 0 N–H and O–H groups in total. The first-order chi connectivity index (χ1) is 9.86. The molecule has 2 bridgehead atoms. The number of carbonyl (C=O) groups is 1. The summed E-state index contributed by atoms with van der Waals surface area (Å²) in [5, 5.41) is 0. The quantitative estimate of drug-likeness (QED) is 0.682. The minimum atomic E-state index is -0.00555. The van der Waals surface area contributed by atoms with Gasteiger partial charge >= 0.3 is 5.97 Å². The Morgan fingerprint density at radius 1 is 0.800 bits per heavy atom. The van der Waals surface area contributed by atoms with Crippen molar-refractivity contribution in [2.45, 2.75) is 11.8 Å². The van der Waals surface area contributed by atoms with E-state index >= 15 is 0 Å². The first-order valence-electron chi connectivity index (χ1n) is 7.20. The van der Waals surface area contributed by atoms with Crippen LogP contribution < -0.4 is 0 Å². The molecule has 2 nitrogen and oxygen atoms in total. The molecule has 20 heavy (non-hydrogen) atoms. The third kappa shape index (κ3) is 1.09. The maximum Gasteiger partial charge on any atom is 0.310 e. The summed E-state index contributed by atoms with van der Waals surface area (Å²) in [6, 6.07) is 17.2. The van der Waals surface area contributed by atoms with Gasteiger partial charge in [0.05, 0.1) is 12.5 Å². The molecular weight excluding hydrogens is 248 g/mol. The van der Waals surface area contributed by atoms with Crippen molar-refractivity contribution in [3.8, 4) is 0 Å². The Bertz CT molecular complexity index is 686. The Morgan fingerprint density at radius 2 is 1.30 bits per heavy atom. The average Bonchev–Trinajstić information content (AvgIpc) is 2.90. The lowest BCUT2D eigenvalue weighted by Crippen LogP contribution is -2.40. The van der Waals surface area contributed by atoms with E-state index in [-0.39, 0.29) is 17.8 Å². The molecule has 1 fully saturated rings. The smallest absolute Gasteiger partial charge is 0.310 e. The second kappa shape index (κ2) is 3.51. The molecule has 1 saturated heterocycles. The predicted molar refractivity (Wildman–Crippen MR) is 74.5 cm³/mol. The molecule has 2 heteroatoms. The van der Waals surface area contributed by atoms with Crippen molar-refractivity contribution in [1.29, 1.82) is 0 Å². The normalized spacial score (nSPS) is 32.3. The second-order valence-electron chi connectivity index (χ2n) is 6.03. The zero-order valence-corrected chi connectivity index (χ0v) is 11.0. The summed E-state index contributed by atoms with van der Waals surface area (Å²) < 4.78 is 5.40. The first-order valence-corrected chi connectivity index (χ1v) is 7.20. The van der Waals surface area contributed by atoms with Gasteiger partial charge in [0.15, 0.2) is 0 Å². The van der Waals surface area contributed by atoms with Crippen molar-refractivity contribution >= 4 is 5.97 Å². The molecule has 0 radical (unpaired) electrons. The lowest BCUT2D eigenvalue weighted by Gasteiger charge is -2.46. The fraction of sp³-hybridized carbons (Fsp3) is 0.278. The van der Waals surface area contributed by atoms with Gasteiger partial charge in [-0.15, -0.1) is 0 Å². The van der Waals surface area contributed by atoms with Crippen LogP contribution in [0.4, 0.5) is 0 Å². The minimum absolute atomic E-state index is 0.00555. The van der Waals surface area contributed by atoms with Crippen LogP contribution in [0, 0.1) is 11.8 Å². The van der Waals surface area contributed by atoms with E-state index in [1.165, 1.54) is 22.3 Å². The predicted octanol–water partition coefficient (Wildman–Crippen LogP) is 3.07. The molecular formula is C18H14O2. The zero-order valence-electron chi connectivity index (χ0n) is 11.0. The third-order valence-corrected chi connectivity index (χ3v) is 5.27. The Hall–Kier alpha value is -2.09. The molecule has 2 aromatic carbocycles. The number of hydrogen-bond donors (Lipinski definition) is 0. The summed E-state index contributed by atoms with van der Waals surface area (Å²) >= 11 is 0. The van der Waals surface area contributed by atoms with Gasteiger partial charge in [0.25, 0.3) is 0 Å². The highest BCUT2D eigenvalue weighted by molar-refractivity contribution is 5.80. The van der Waals surface area contributed by atoms with Gasteiger partial charge in [-0.3, -0.25) is 4.79 Å². The fourth-order valence-corrected chi connectivity index (χ4v) is 4.58. The van der Waals surface area contributed by atoms with E-state index in [0.717, 1.165) is 0 Å². The average molecular weight is 262 g/mol. The van der Waals surface area contributed by atoms with Gasteiger partial charge in [-0.25, -0.2) is 0 Å². The topological polar surface area (TPSA) is 26.3 Å². The maximum atomic E-state index is 12.2. The van der Waals surface area contributed by atoms with E-state index < -0.39 is 0 Å². The monoisotopic (exact) mass is 262 g/mol. The molecule has 6 rings (SSSR count). The number of carbonyl (C=O) groups excluding carboxylic acids is 1. The summed E-state index contributed by atoms with van der Waals surface area (Å²) in [5.41, 5.74) is 5.46. The van der Waals surface area contributed by atoms with Crippen molar-refractivity contribution in [2.75, 3.05) is 6.61 Å². The van der Waals surface area contributed by atoms with Gasteiger partial charge in [-0.05, 0) is 22.3 Å². The van der Waals surface area contributed by atoms with Gasteiger partial charge in [-0.1, -0.05) is 48.5 Å². The molecule has 0 aromatic heterocycles. The molecule has 0 amide bonds. The van der Waals surface area contributed by atoms with Crippen LogP contribution in [0.3, 0.4) is 0 Å². The minimum Gasteiger partial charge on any atom is -0.465 e. The highest BCUT2D eigenvalue weighted by atomic mass is 16.5. The van der Waals surface area contributed by atoms with E-state index in [1.54, 1.807) is 0 Å². The van der Waals surface area contributed by atoms with E-state index in [0.29, 0.717) is 18.4 Å². The first kappa shape index (κ1) is 10.7. The van der Waals surface area contributed by atoms with Crippen LogP contribution in [0.2, 0.25) is 0 Å². The molecule has 1 heterocycles. The van der Waals surface area contributed by atoms with Gasteiger partial charge in [-0.2, -0.15) is 0 Å². The van der Waals surface area contributed by atoms with E-state index in [1.807, 2.05) is 0 Å². The van der Waals surface area contributed by atoms with Crippen LogP contribution in [0.15, 0.2) is 48.5 Å². The number of ether oxygens (including phenoxy) is 1. The van der Waals surface area contributed by atoms with Gasteiger partial charge in [0, 0.05) is 17.8 Å². The Morgan fingerprint density at radius 3 is 1.85 bits per heavy atom. The molecule has 98 valence electrons. The van der Waals surface area contributed by atoms with Crippen LogP contribution in [0.25, 0.3) is 0 Å². The van der Waals surface area contributed by atoms with Crippen LogP contribution in [0.1, 0.15) is 34.1 Å². The molecule has 3 aliphatic carbocycles. The highest BCUT2D eigenvalue weighted by Gasteiger charge is 2.56. The lowest BCUT2D eigenvalue weighted by atomic mass is 9.55. The van der Waals surface area contributed by atoms with E-state index in [2.05, 4.69) is 48.5 Å². The zero-order chi connectivity index (χ0) is 13.3. The highest BCUT2D eigenvalue weighted by Crippen LogP contribution is 2.60. The van der Waals surface area contributed by atoms with E-state index in [4.69, 9.17) is 4.74 Å². The van der Waals surface area contributed by atoms with Crippen molar-refractivity contribution < 1.29 is 9.53 Å². The number of esters is 1. The molecule has 0 unspecified atom stereocenters. The molecule has 1 aliphatic heterocycles. The number of rotatable bonds is 0. The third-order valence-electron chi connectivity index (χ3n) is 5.27. The Labute approximate surface area is 117 Å². The van der Waals surface area contributed by atoms with Crippen molar-refractivity contribution in [2.24, 2.45) is 11.8 Å². The SMILES string of the molecule is O=C1OC[C@H]2C3c4ccccc4C(c4ccccc43)[C@@H]12. The largest absolute Gasteiger partial charge is 0.465 e. The van der Waals surface area contributed by atoms with Crippen LogP contribution >= 0.6 is 0 Å². The van der Waals surface area contributed by atoms with Crippen LogP contribution in [-0.2, 0) is 9.53 Å². The molecule has 2 atom stereocenters. The van der Waals surface area contributed by atoms with E-state index in [9.17, 15) is 4.79 Å². The van der Waals surface area contributed by atoms with Gasteiger partial charge in [0.2, 0.25) is 0 Å². The molecule has 2 aromatic rings. The summed E-state index contributed by atoms with van der Waals surface area (Å²) in [6.07, 6.45) is 0. The summed E-state index contributed by atoms with van der Waals surface area (Å²) in [6.45, 7) is 0.577. The molecule has 0 saturated carbocycles. The number of benzene rings is 2. The van der Waals surface area contributed by atoms with Crippen molar-refractivity contribution in [3.05, 3.63) is 70.8 Å². The summed E-state index contributed by atoms with van der Waals surface area (Å²) in [5.74, 6) is 0.840. The molecule has 4 aliphatic rings. The lowest BCUT2D eigenvalue weighted by molar-refractivity contribution is -0.141. The van der Waals surface area contributed by atoms with Crippen LogP contribution in [0.5, 0.6) is 0 Å². The summed E-state index contributed by atoms with van der Waals surface area (Å²) in [4.78, 5) is 12.2. The van der Waals surface area contributed by atoms with Gasteiger partial charge < -0.3 is 4.74 Å². The number of cyclic esters (lactones) is 1. The van der Waals surface area contributed by atoms with Crippen molar-refractivity contribution in [3.63, 3.8) is 0 Å². The Kier molecular flexibility index (Phi) is 1.87. The fourth-order valence-electron chi connectivity index (χ4n) is 4.58.